The maximum Gasteiger partial charge on any atom is 0 e. The van der Waals surface area contributed by atoms with E-state index in [1.807, 2.05) is 0 Å². The van der Waals surface area contributed by atoms with Gasteiger partial charge in [0.15, 0.2) is 0 Å². The molecule has 1 N–H and O–H groups in total. The Bertz CT molecular complexity index is 42.5. The van der Waals surface area contributed by atoms with Gasteiger partial charge in [-0.05, 0) is 25.9 Å². The van der Waals surface area contributed by atoms with E-state index in [-0.39, 0.29) is 17.1 Å². The Labute approximate surface area is 75.4 Å². The van der Waals surface area contributed by atoms with Gasteiger partial charge in [0.1, 0.15) is 0 Å². The Morgan fingerprint density at radius 3 is 1.60 bits per heavy atom. The fourth-order valence-electron chi connectivity index (χ4n) is 0.729. The van der Waals surface area contributed by atoms with Gasteiger partial charge >= 0.3 is 0 Å². The molecule has 67 valence electrons. The van der Waals surface area contributed by atoms with Crippen LogP contribution >= 0.6 is 0 Å². The maximum absolute atomic E-state index is 3.39. The first-order chi connectivity index (χ1) is 4.41. The molecular weight excluding hydrogens is 174 g/mol. The summed E-state index contributed by atoms with van der Waals surface area (Å²) in [4.78, 5) is 0. The summed E-state index contributed by atoms with van der Waals surface area (Å²) in [5.74, 6) is 0. The SMILES string of the molecule is CCCCNCCCC.[Cu]. The van der Waals surface area contributed by atoms with Crippen LogP contribution in [0.2, 0.25) is 0 Å². The molecule has 0 atom stereocenters. The van der Waals surface area contributed by atoms with Crippen LogP contribution in [0.25, 0.3) is 0 Å². The van der Waals surface area contributed by atoms with Gasteiger partial charge in [-0.25, -0.2) is 0 Å². The van der Waals surface area contributed by atoms with Crippen LogP contribution in [0.5, 0.6) is 0 Å². The quantitative estimate of drug-likeness (QED) is 0.503. The molecule has 0 unspecified atom stereocenters. The van der Waals surface area contributed by atoms with Crippen molar-refractivity contribution in [2.24, 2.45) is 0 Å². The molecule has 0 aliphatic carbocycles. The van der Waals surface area contributed by atoms with Gasteiger partial charge in [0.05, 0.1) is 0 Å². The summed E-state index contributed by atoms with van der Waals surface area (Å²) in [7, 11) is 0. The molecule has 2 heteroatoms. The second kappa shape index (κ2) is 12.2. The summed E-state index contributed by atoms with van der Waals surface area (Å²) >= 11 is 0. The van der Waals surface area contributed by atoms with Crippen molar-refractivity contribution in [2.45, 2.75) is 39.5 Å². The zero-order chi connectivity index (χ0) is 6.95. The number of hydrogen-bond donors (Lipinski definition) is 1. The third-order valence-electron chi connectivity index (χ3n) is 1.41. The summed E-state index contributed by atoms with van der Waals surface area (Å²) in [5.41, 5.74) is 0. The van der Waals surface area contributed by atoms with Crippen molar-refractivity contribution >= 4 is 0 Å². The molecule has 0 amide bonds. The molecule has 0 aromatic heterocycles. The number of hydrogen-bond acceptors (Lipinski definition) is 1. The van der Waals surface area contributed by atoms with Crippen LogP contribution in [0.1, 0.15) is 39.5 Å². The molecule has 0 bridgehead atoms. The monoisotopic (exact) mass is 192 g/mol. The second-order valence-electron chi connectivity index (χ2n) is 2.46. The summed E-state index contributed by atoms with van der Waals surface area (Å²) < 4.78 is 0. The van der Waals surface area contributed by atoms with Gasteiger partial charge in [-0.3, -0.25) is 0 Å². The fourth-order valence-corrected chi connectivity index (χ4v) is 0.729. The first-order valence-corrected chi connectivity index (χ1v) is 4.12. The van der Waals surface area contributed by atoms with Crippen LogP contribution in [0.4, 0.5) is 0 Å². The Hall–Kier alpha value is 0.479. The Kier molecular flexibility index (Phi) is 16.0. The Morgan fingerprint density at radius 1 is 0.900 bits per heavy atom. The first-order valence-electron chi connectivity index (χ1n) is 4.12. The molecule has 0 aliphatic rings. The van der Waals surface area contributed by atoms with Gasteiger partial charge in [0.25, 0.3) is 0 Å². The zero-order valence-electron chi connectivity index (χ0n) is 7.04. The first kappa shape index (κ1) is 13.1. The summed E-state index contributed by atoms with van der Waals surface area (Å²) in [5, 5.41) is 3.39. The fraction of sp³-hybridized carbons (Fsp3) is 1.00. The zero-order valence-corrected chi connectivity index (χ0v) is 7.99. The van der Waals surface area contributed by atoms with Crippen LogP contribution in [0.3, 0.4) is 0 Å². The van der Waals surface area contributed by atoms with Crippen molar-refractivity contribution in [3.63, 3.8) is 0 Å². The average Bonchev–Trinajstić information content (AvgIpc) is 1.89. The second-order valence-corrected chi connectivity index (χ2v) is 2.46. The van der Waals surface area contributed by atoms with Gasteiger partial charge in [-0.2, -0.15) is 0 Å². The van der Waals surface area contributed by atoms with Gasteiger partial charge < -0.3 is 5.32 Å². The Balaban J connectivity index is 0. The molecule has 0 heterocycles. The molecule has 0 aromatic rings. The van der Waals surface area contributed by atoms with E-state index >= 15 is 0 Å². The van der Waals surface area contributed by atoms with Crippen LogP contribution in [0, 0.1) is 0 Å². The average molecular weight is 193 g/mol. The topological polar surface area (TPSA) is 12.0 Å². The summed E-state index contributed by atoms with van der Waals surface area (Å²) in [6, 6.07) is 0. The van der Waals surface area contributed by atoms with Crippen LogP contribution in [-0.4, -0.2) is 13.1 Å². The number of rotatable bonds is 6. The minimum atomic E-state index is 0. The number of nitrogens with one attached hydrogen (secondary N) is 1. The van der Waals surface area contributed by atoms with Gasteiger partial charge in [-0.1, -0.05) is 26.7 Å². The Morgan fingerprint density at radius 2 is 1.30 bits per heavy atom. The van der Waals surface area contributed by atoms with Crippen molar-refractivity contribution in [1.29, 1.82) is 0 Å². The van der Waals surface area contributed by atoms with Crippen LogP contribution in [-0.2, 0) is 17.1 Å². The van der Waals surface area contributed by atoms with Crippen molar-refractivity contribution in [2.75, 3.05) is 13.1 Å². The van der Waals surface area contributed by atoms with E-state index < -0.39 is 0 Å². The molecular formula is C8H19CuN. The van der Waals surface area contributed by atoms with Gasteiger partial charge in [0.2, 0.25) is 0 Å². The smallest absolute Gasteiger partial charge is 0 e. The molecule has 10 heavy (non-hydrogen) atoms. The molecule has 1 radical (unpaired) electrons. The molecule has 0 aromatic carbocycles. The third kappa shape index (κ3) is 11.3. The predicted octanol–water partition coefficient (Wildman–Crippen LogP) is 2.17. The van der Waals surface area contributed by atoms with E-state index in [1.165, 1.54) is 38.8 Å². The van der Waals surface area contributed by atoms with Crippen LogP contribution < -0.4 is 5.32 Å². The van der Waals surface area contributed by atoms with Crippen molar-refractivity contribution in [3.05, 3.63) is 0 Å². The van der Waals surface area contributed by atoms with E-state index in [4.69, 9.17) is 0 Å². The van der Waals surface area contributed by atoms with E-state index in [9.17, 15) is 0 Å². The maximum atomic E-state index is 3.39. The molecule has 0 rings (SSSR count). The molecule has 0 saturated heterocycles. The minimum absolute atomic E-state index is 0. The minimum Gasteiger partial charge on any atom is -0.317 e. The normalized spacial score (nSPS) is 9.00. The van der Waals surface area contributed by atoms with Gasteiger partial charge in [-0.15, -0.1) is 0 Å². The number of unbranched alkanes of at least 4 members (excludes halogenated alkanes) is 2. The van der Waals surface area contributed by atoms with Crippen molar-refractivity contribution in [3.8, 4) is 0 Å². The van der Waals surface area contributed by atoms with E-state index in [2.05, 4.69) is 19.2 Å². The standard InChI is InChI=1S/C8H19N.Cu/c1-3-5-7-9-8-6-4-2;/h9H,3-8H2,1-2H3;. The predicted molar refractivity (Wildman–Crippen MR) is 42.7 cm³/mol. The van der Waals surface area contributed by atoms with E-state index in [0.29, 0.717) is 0 Å². The molecule has 0 saturated carbocycles. The van der Waals surface area contributed by atoms with Crippen molar-refractivity contribution in [1.82, 2.24) is 5.32 Å². The third-order valence-corrected chi connectivity index (χ3v) is 1.41. The van der Waals surface area contributed by atoms with Crippen LogP contribution in [0.15, 0.2) is 0 Å². The van der Waals surface area contributed by atoms with Crippen molar-refractivity contribution < 1.29 is 17.1 Å². The molecule has 0 spiro atoms. The van der Waals surface area contributed by atoms with E-state index in [0.717, 1.165) is 0 Å². The summed E-state index contributed by atoms with van der Waals surface area (Å²) in [6.07, 6.45) is 5.26. The summed E-state index contributed by atoms with van der Waals surface area (Å²) in [6.45, 7) is 6.86. The largest absolute Gasteiger partial charge is 0.317 e. The molecule has 1 nitrogen and oxygen atoms in total. The van der Waals surface area contributed by atoms with E-state index in [1.54, 1.807) is 0 Å². The van der Waals surface area contributed by atoms with Gasteiger partial charge in [0, 0.05) is 17.1 Å². The molecule has 0 fully saturated rings. The molecule has 0 aliphatic heterocycles.